The maximum absolute atomic E-state index is 13.1. The van der Waals surface area contributed by atoms with E-state index in [1.54, 1.807) is 22.2 Å². The third-order valence-electron chi connectivity index (χ3n) is 5.20. The maximum Gasteiger partial charge on any atom is 0.294 e. The minimum atomic E-state index is -0.239. The Kier molecular flexibility index (Phi) is 4.40. The molecule has 0 N–H and O–H groups in total. The van der Waals surface area contributed by atoms with Crippen LogP contribution in [0.1, 0.15) is 48.7 Å². The van der Waals surface area contributed by atoms with Gasteiger partial charge in [0.15, 0.2) is 0 Å². The molecule has 0 spiro atoms. The Hall–Kier alpha value is -2.83. The van der Waals surface area contributed by atoms with E-state index in [2.05, 4.69) is 18.8 Å². The fourth-order valence-electron chi connectivity index (χ4n) is 3.69. The number of fused-ring (bicyclic) bond motifs is 1. The van der Waals surface area contributed by atoms with Crippen molar-refractivity contribution >= 4 is 11.6 Å². The lowest BCUT2D eigenvalue weighted by atomic mass is 10.2. The van der Waals surface area contributed by atoms with E-state index in [4.69, 9.17) is 4.42 Å². The van der Waals surface area contributed by atoms with E-state index < -0.39 is 0 Å². The van der Waals surface area contributed by atoms with Gasteiger partial charge in [-0.1, -0.05) is 13.8 Å². The molecule has 0 aromatic carbocycles. The molecule has 148 valence electrons. The predicted octanol–water partition coefficient (Wildman–Crippen LogP) is 3.17. The number of aryl methyl sites for hydroxylation is 2. The summed E-state index contributed by atoms with van der Waals surface area (Å²) in [5.41, 5.74) is 1.93. The number of nitrogens with zero attached hydrogens (tertiary/aromatic N) is 4. The summed E-state index contributed by atoms with van der Waals surface area (Å²) in [5.74, 6) is 1.82. The van der Waals surface area contributed by atoms with Gasteiger partial charge in [0.2, 0.25) is 5.65 Å². The SMILES string of the molecule is Cc1cc(-c2cn3cc(C(=O)N(CC(C)C)C4CC4)nc3c(=O)n2C)c(C)o1. The van der Waals surface area contributed by atoms with Crippen LogP contribution in [0.5, 0.6) is 0 Å². The fraction of sp³-hybridized carbons (Fsp3) is 0.476. The average molecular weight is 382 g/mol. The molecule has 1 aliphatic rings. The molecule has 1 amide bonds. The van der Waals surface area contributed by atoms with Crippen molar-refractivity contribution in [1.82, 2.24) is 18.9 Å². The van der Waals surface area contributed by atoms with Crippen LogP contribution in [0.3, 0.4) is 0 Å². The first-order chi connectivity index (χ1) is 13.3. The van der Waals surface area contributed by atoms with Crippen molar-refractivity contribution in [3.05, 3.63) is 46.0 Å². The zero-order valence-corrected chi connectivity index (χ0v) is 17.0. The lowest BCUT2D eigenvalue weighted by Gasteiger charge is -2.23. The van der Waals surface area contributed by atoms with Crippen molar-refractivity contribution in [2.45, 2.75) is 46.6 Å². The Morgan fingerprint density at radius 3 is 2.61 bits per heavy atom. The monoisotopic (exact) mass is 382 g/mol. The molecule has 0 bridgehead atoms. The second-order valence-electron chi connectivity index (χ2n) is 8.14. The molecule has 3 aromatic rings. The molecule has 28 heavy (non-hydrogen) atoms. The summed E-state index contributed by atoms with van der Waals surface area (Å²) in [6.07, 6.45) is 5.58. The maximum atomic E-state index is 13.1. The fourth-order valence-corrected chi connectivity index (χ4v) is 3.69. The van der Waals surface area contributed by atoms with Gasteiger partial charge in [-0.15, -0.1) is 0 Å². The smallest absolute Gasteiger partial charge is 0.294 e. The highest BCUT2D eigenvalue weighted by atomic mass is 16.3. The Morgan fingerprint density at radius 1 is 1.32 bits per heavy atom. The van der Waals surface area contributed by atoms with Crippen LogP contribution >= 0.6 is 0 Å². The van der Waals surface area contributed by atoms with Crippen molar-refractivity contribution in [2.24, 2.45) is 13.0 Å². The second kappa shape index (κ2) is 6.65. The van der Waals surface area contributed by atoms with E-state index in [1.807, 2.05) is 31.0 Å². The van der Waals surface area contributed by atoms with Gasteiger partial charge in [-0.2, -0.15) is 0 Å². The number of imidazole rings is 1. The van der Waals surface area contributed by atoms with Crippen molar-refractivity contribution in [2.75, 3.05) is 6.54 Å². The van der Waals surface area contributed by atoms with Crippen LogP contribution in [0.25, 0.3) is 16.9 Å². The largest absolute Gasteiger partial charge is 0.466 e. The molecule has 0 unspecified atom stereocenters. The number of amides is 1. The molecule has 7 nitrogen and oxygen atoms in total. The minimum absolute atomic E-state index is 0.0983. The molecule has 0 aliphatic heterocycles. The Bertz CT molecular complexity index is 1110. The molecule has 0 atom stereocenters. The van der Waals surface area contributed by atoms with Gasteiger partial charge in [0, 0.05) is 37.6 Å². The highest BCUT2D eigenvalue weighted by Gasteiger charge is 2.34. The lowest BCUT2D eigenvalue weighted by Crippen LogP contribution is -2.36. The standard InChI is InChI=1S/C21H26N4O3/c1-12(2)9-25(15-6-7-15)20(26)17-10-24-11-18(16-8-13(3)28-14(16)4)23(5)21(27)19(24)22-17/h8,10-12,15H,6-7,9H2,1-5H3. The van der Waals surface area contributed by atoms with E-state index in [0.29, 0.717) is 24.2 Å². The summed E-state index contributed by atoms with van der Waals surface area (Å²) < 4.78 is 8.84. The van der Waals surface area contributed by atoms with E-state index >= 15 is 0 Å². The third-order valence-corrected chi connectivity index (χ3v) is 5.20. The van der Waals surface area contributed by atoms with Gasteiger partial charge in [0.05, 0.1) is 5.69 Å². The predicted molar refractivity (Wildman–Crippen MR) is 107 cm³/mol. The molecule has 4 rings (SSSR count). The number of carbonyl (C=O) groups excluding carboxylic acids is 1. The van der Waals surface area contributed by atoms with Crippen molar-refractivity contribution < 1.29 is 9.21 Å². The molecular formula is C21H26N4O3. The van der Waals surface area contributed by atoms with Gasteiger partial charge in [0.1, 0.15) is 17.2 Å². The van der Waals surface area contributed by atoms with Crippen LogP contribution in [0.2, 0.25) is 0 Å². The number of aromatic nitrogens is 3. The first-order valence-electron chi connectivity index (χ1n) is 9.73. The summed E-state index contributed by atoms with van der Waals surface area (Å²) in [4.78, 5) is 32.3. The Balaban J connectivity index is 1.79. The zero-order valence-electron chi connectivity index (χ0n) is 17.0. The quantitative estimate of drug-likeness (QED) is 0.679. The molecule has 3 aromatic heterocycles. The minimum Gasteiger partial charge on any atom is -0.466 e. The first-order valence-corrected chi connectivity index (χ1v) is 9.73. The van der Waals surface area contributed by atoms with E-state index in [1.165, 1.54) is 0 Å². The van der Waals surface area contributed by atoms with Crippen molar-refractivity contribution in [1.29, 1.82) is 0 Å². The number of hydrogen-bond acceptors (Lipinski definition) is 4. The van der Waals surface area contributed by atoms with E-state index in [-0.39, 0.29) is 17.1 Å². The number of hydrogen-bond donors (Lipinski definition) is 0. The van der Waals surface area contributed by atoms with Gasteiger partial charge in [0.25, 0.3) is 11.5 Å². The molecular weight excluding hydrogens is 356 g/mol. The number of furan rings is 1. The highest BCUT2D eigenvalue weighted by Crippen LogP contribution is 2.29. The number of rotatable bonds is 5. The van der Waals surface area contributed by atoms with Crippen LogP contribution in [0, 0.1) is 19.8 Å². The highest BCUT2D eigenvalue weighted by molar-refractivity contribution is 5.93. The van der Waals surface area contributed by atoms with E-state index in [0.717, 1.165) is 35.6 Å². The summed E-state index contributed by atoms with van der Waals surface area (Å²) in [5, 5.41) is 0. The second-order valence-corrected chi connectivity index (χ2v) is 8.14. The van der Waals surface area contributed by atoms with Crippen molar-refractivity contribution in [3.63, 3.8) is 0 Å². The number of carbonyl (C=O) groups is 1. The van der Waals surface area contributed by atoms with E-state index in [9.17, 15) is 9.59 Å². The van der Waals surface area contributed by atoms with Crippen molar-refractivity contribution in [3.8, 4) is 11.3 Å². The van der Waals surface area contributed by atoms with Gasteiger partial charge < -0.3 is 13.9 Å². The Morgan fingerprint density at radius 2 is 2.04 bits per heavy atom. The molecule has 1 fully saturated rings. The summed E-state index contributed by atoms with van der Waals surface area (Å²) in [7, 11) is 1.71. The molecule has 1 saturated carbocycles. The first kappa shape index (κ1) is 18.5. The summed E-state index contributed by atoms with van der Waals surface area (Å²) >= 11 is 0. The third kappa shape index (κ3) is 3.15. The normalized spacial score (nSPS) is 14.2. The molecule has 0 saturated heterocycles. The molecule has 3 heterocycles. The lowest BCUT2D eigenvalue weighted by molar-refractivity contribution is 0.0717. The topological polar surface area (TPSA) is 72.8 Å². The van der Waals surface area contributed by atoms with Crippen LogP contribution in [0.15, 0.2) is 27.7 Å². The van der Waals surface area contributed by atoms with Crippen LogP contribution in [-0.2, 0) is 7.05 Å². The van der Waals surface area contributed by atoms with Gasteiger partial charge in [-0.05, 0) is 38.7 Å². The van der Waals surface area contributed by atoms with Gasteiger partial charge in [-0.25, -0.2) is 4.98 Å². The summed E-state index contributed by atoms with van der Waals surface area (Å²) in [6, 6.07) is 2.21. The molecule has 7 heteroatoms. The molecule has 1 aliphatic carbocycles. The average Bonchev–Trinajstić information content (AvgIpc) is 3.29. The van der Waals surface area contributed by atoms with Gasteiger partial charge >= 0.3 is 0 Å². The van der Waals surface area contributed by atoms with Crippen LogP contribution in [-0.4, -0.2) is 37.3 Å². The molecule has 0 radical (unpaired) electrons. The van der Waals surface area contributed by atoms with Crippen LogP contribution in [0.4, 0.5) is 0 Å². The summed E-state index contributed by atoms with van der Waals surface area (Å²) in [6.45, 7) is 8.66. The zero-order chi connectivity index (χ0) is 20.2. The Labute approximate surface area is 163 Å². The van der Waals surface area contributed by atoms with Gasteiger partial charge in [-0.3, -0.25) is 14.0 Å². The van der Waals surface area contributed by atoms with Crippen LogP contribution < -0.4 is 5.56 Å².